The van der Waals surface area contributed by atoms with E-state index in [4.69, 9.17) is 15.5 Å². The zero-order valence-corrected chi connectivity index (χ0v) is 29.7. The van der Waals surface area contributed by atoms with Gasteiger partial charge in [-0.15, -0.1) is 13.2 Å². The van der Waals surface area contributed by atoms with Gasteiger partial charge in [0.25, 0.3) is 0 Å². The van der Waals surface area contributed by atoms with Crippen molar-refractivity contribution in [3.05, 3.63) is 89.0 Å². The molecule has 3 aromatic carbocycles. The number of halogens is 3. The van der Waals surface area contributed by atoms with E-state index in [2.05, 4.69) is 35.9 Å². The van der Waals surface area contributed by atoms with Crippen LogP contribution in [0.25, 0.3) is 0 Å². The number of aryl methyl sites for hydroxylation is 2. The van der Waals surface area contributed by atoms with E-state index >= 15 is 0 Å². The molecule has 0 fully saturated rings. The number of rotatable bonds is 13. The second kappa shape index (κ2) is 19.1. The summed E-state index contributed by atoms with van der Waals surface area (Å²) >= 11 is 1.19. The van der Waals surface area contributed by atoms with Gasteiger partial charge in [-0.25, -0.2) is 19.8 Å². The van der Waals surface area contributed by atoms with E-state index in [0.717, 1.165) is 34.5 Å². The summed E-state index contributed by atoms with van der Waals surface area (Å²) in [5.41, 5.74) is 12.8. The second-order valence-corrected chi connectivity index (χ2v) is 12.8. The fraction of sp³-hybridized carbons (Fsp3) is 0.314. The van der Waals surface area contributed by atoms with Crippen LogP contribution < -0.4 is 26.5 Å². The van der Waals surface area contributed by atoms with Crippen molar-refractivity contribution in [2.75, 3.05) is 18.8 Å². The molecule has 0 aromatic heterocycles. The summed E-state index contributed by atoms with van der Waals surface area (Å²) in [6.07, 6.45) is -1.96. The Morgan fingerprint density at radius 1 is 0.922 bits per heavy atom. The molecule has 0 aliphatic heterocycles. The lowest BCUT2D eigenvalue weighted by atomic mass is 10.1. The van der Waals surface area contributed by atoms with Crippen LogP contribution in [-0.4, -0.2) is 66.4 Å². The normalized spacial score (nSPS) is 12.6. The number of thioether (sulfide) groups is 1. The Balaban J connectivity index is 1.56. The number of alkyl halides is 3. The number of ether oxygens (including phenoxy) is 2. The zero-order chi connectivity index (χ0) is 37.4. The Labute approximate surface area is 298 Å². The molecule has 0 unspecified atom stereocenters. The summed E-state index contributed by atoms with van der Waals surface area (Å²) in [6, 6.07) is 17.9. The molecule has 272 valence electrons. The van der Waals surface area contributed by atoms with Gasteiger partial charge in [0, 0.05) is 18.7 Å². The minimum atomic E-state index is -4.77. The minimum absolute atomic E-state index is 0.0835. The van der Waals surface area contributed by atoms with E-state index in [9.17, 15) is 22.8 Å². The molecule has 3 aromatic rings. The lowest BCUT2D eigenvalue weighted by Crippen LogP contribution is -2.34. The van der Waals surface area contributed by atoms with E-state index in [1.165, 1.54) is 30.2 Å². The topological polar surface area (TPSA) is 164 Å². The Hall–Kier alpha value is -5.38. The van der Waals surface area contributed by atoms with Crippen molar-refractivity contribution in [2.45, 2.75) is 53.0 Å². The molecule has 0 saturated carbocycles. The largest absolute Gasteiger partial charge is 0.573 e. The standard InChI is InChI=1S/C35H41F3N8O4S/c1-23-8-6-9-24(2)30(23)45-32(51-21-29(47)40-18-7-19-41-33(48)50-34(3,4)5)46-44-20-25-10-12-26(13-11-25)31(39)43-22-42-27-14-16-28(17-15-27)49-35(36,37)38/h6,8-17,20,22H,7,18-19,21H2,1-5H3,(H,40,47)(H,41,48)(H,45,46)(H2,39,42,43)/b44-20+. The molecule has 3 rings (SSSR count). The summed E-state index contributed by atoms with van der Waals surface area (Å²) in [7, 11) is 0. The lowest BCUT2D eigenvalue weighted by molar-refractivity contribution is -0.274. The number of aliphatic imine (C=N–C) groups is 3. The molecule has 16 heteroatoms. The monoisotopic (exact) mass is 726 g/mol. The van der Waals surface area contributed by atoms with Crippen LogP contribution in [0.5, 0.6) is 5.75 Å². The van der Waals surface area contributed by atoms with Gasteiger partial charge in [-0.2, -0.15) is 5.10 Å². The van der Waals surface area contributed by atoms with Crippen molar-refractivity contribution in [1.82, 2.24) is 16.1 Å². The lowest BCUT2D eigenvalue weighted by Gasteiger charge is -2.19. The molecule has 5 N–H and O–H groups in total. The van der Waals surface area contributed by atoms with Gasteiger partial charge in [0.15, 0.2) is 5.17 Å². The number of carbonyl (C=O) groups is 2. The van der Waals surface area contributed by atoms with E-state index in [1.807, 2.05) is 32.0 Å². The quantitative estimate of drug-likeness (QED) is 0.0664. The summed E-state index contributed by atoms with van der Waals surface area (Å²) in [6.45, 7) is 9.99. The van der Waals surface area contributed by atoms with Crippen LogP contribution in [0.3, 0.4) is 0 Å². The van der Waals surface area contributed by atoms with Gasteiger partial charge >= 0.3 is 12.5 Å². The molecule has 0 heterocycles. The third-order valence-corrected chi connectivity index (χ3v) is 7.25. The average Bonchev–Trinajstić information content (AvgIpc) is 3.04. The predicted octanol–water partition coefficient (Wildman–Crippen LogP) is 6.64. The SMILES string of the molecule is Cc1cccc(C)c1N=C(N/N=C/c1ccc(C(N)=NC=Nc2ccc(OC(F)(F)F)cc2)cc1)SCC(=O)NCCCNC(=O)OC(C)(C)C. The van der Waals surface area contributed by atoms with Crippen molar-refractivity contribution in [1.29, 1.82) is 0 Å². The van der Waals surface area contributed by atoms with E-state index < -0.39 is 18.1 Å². The Morgan fingerprint density at radius 3 is 2.20 bits per heavy atom. The molecular weight excluding hydrogens is 685 g/mol. The van der Waals surface area contributed by atoms with Crippen molar-refractivity contribution in [3.8, 4) is 5.75 Å². The maximum absolute atomic E-state index is 12.6. The highest BCUT2D eigenvalue weighted by atomic mass is 32.2. The van der Waals surface area contributed by atoms with Crippen LogP contribution in [-0.2, 0) is 9.53 Å². The number of nitrogens with zero attached hydrogens (tertiary/aromatic N) is 4. The number of hydrogen-bond acceptors (Lipinski definition) is 8. The number of nitrogens with one attached hydrogen (secondary N) is 3. The van der Waals surface area contributed by atoms with Gasteiger partial charge in [0.1, 0.15) is 23.5 Å². The number of carbonyl (C=O) groups excluding carboxylic acids is 2. The maximum atomic E-state index is 12.6. The number of amidine groups is 2. The van der Waals surface area contributed by atoms with Crippen LogP contribution in [0, 0.1) is 13.8 Å². The number of amides is 2. The molecule has 0 bridgehead atoms. The molecule has 51 heavy (non-hydrogen) atoms. The van der Waals surface area contributed by atoms with Crippen LogP contribution in [0.2, 0.25) is 0 Å². The first kappa shape index (κ1) is 40.1. The number of hydrogen-bond donors (Lipinski definition) is 4. The van der Waals surface area contributed by atoms with Gasteiger partial charge in [0.05, 0.1) is 23.3 Å². The molecule has 0 atom stereocenters. The summed E-state index contributed by atoms with van der Waals surface area (Å²) in [5.74, 6) is -0.297. The van der Waals surface area contributed by atoms with E-state index in [-0.39, 0.29) is 23.2 Å². The molecule has 0 aliphatic carbocycles. The third-order valence-electron chi connectivity index (χ3n) is 6.39. The first-order valence-corrected chi connectivity index (χ1v) is 16.7. The number of para-hydroxylation sites is 1. The van der Waals surface area contributed by atoms with Gasteiger partial charge in [-0.1, -0.05) is 54.2 Å². The number of nitrogens with two attached hydrogens (primary N) is 1. The number of benzene rings is 3. The predicted molar refractivity (Wildman–Crippen MR) is 197 cm³/mol. The van der Waals surface area contributed by atoms with Crippen molar-refractivity contribution in [3.63, 3.8) is 0 Å². The van der Waals surface area contributed by atoms with Crippen LogP contribution >= 0.6 is 11.8 Å². The van der Waals surface area contributed by atoms with Crippen molar-refractivity contribution in [2.24, 2.45) is 25.8 Å². The molecule has 0 aliphatic rings. The second-order valence-electron chi connectivity index (χ2n) is 11.9. The Kier molecular flexibility index (Phi) is 15.0. The molecule has 0 saturated heterocycles. The van der Waals surface area contributed by atoms with Gasteiger partial charge in [-0.3, -0.25) is 10.2 Å². The highest BCUT2D eigenvalue weighted by Crippen LogP contribution is 2.25. The molecule has 0 spiro atoms. The average molecular weight is 727 g/mol. The minimum Gasteiger partial charge on any atom is -0.444 e. The van der Waals surface area contributed by atoms with Crippen LogP contribution in [0.1, 0.15) is 49.4 Å². The highest BCUT2D eigenvalue weighted by Gasteiger charge is 2.31. The fourth-order valence-electron chi connectivity index (χ4n) is 4.05. The van der Waals surface area contributed by atoms with Crippen molar-refractivity contribution >= 4 is 58.7 Å². The van der Waals surface area contributed by atoms with Crippen molar-refractivity contribution < 1.29 is 32.2 Å². The fourth-order valence-corrected chi connectivity index (χ4v) is 4.69. The van der Waals surface area contributed by atoms with Gasteiger partial charge in [-0.05, 0) is 82.0 Å². The van der Waals surface area contributed by atoms with E-state index in [0.29, 0.717) is 35.9 Å². The van der Waals surface area contributed by atoms with E-state index in [1.54, 1.807) is 51.3 Å². The summed E-state index contributed by atoms with van der Waals surface area (Å²) < 4.78 is 46.0. The Morgan fingerprint density at radius 2 is 1.57 bits per heavy atom. The highest BCUT2D eigenvalue weighted by molar-refractivity contribution is 8.14. The molecule has 2 amide bonds. The number of alkyl carbamates (subject to hydrolysis) is 1. The molecule has 12 nitrogen and oxygen atoms in total. The first-order valence-electron chi connectivity index (χ1n) is 15.7. The van der Waals surface area contributed by atoms with Crippen LogP contribution in [0.4, 0.5) is 29.3 Å². The summed E-state index contributed by atoms with van der Waals surface area (Å²) in [5, 5.41) is 10.2. The zero-order valence-electron chi connectivity index (χ0n) is 28.9. The third kappa shape index (κ3) is 15.8. The van der Waals surface area contributed by atoms with Crippen LogP contribution in [0.15, 0.2) is 86.8 Å². The number of hydrazone groups is 1. The molecule has 0 radical (unpaired) electrons. The maximum Gasteiger partial charge on any atom is 0.573 e. The van der Waals surface area contributed by atoms with Gasteiger partial charge in [0.2, 0.25) is 5.91 Å². The summed E-state index contributed by atoms with van der Waals surface area (Å²) in [4.78, 5) is 37.2. The first-order chi connectivity index (χ1) is 24.1. The molecular formula is C35H41F3N8O4S. The van der Waals surface area contributed by atoms with Gasteiger partial charge < -0.3 is 25.8 Å². The Bertz CT molecular complexity index is 1720. The smallest absolute Gasteiger partial charge is 0.444 e.